The molecule has 6 heteroatoms. The van der Waals surface area contributed by atoms with E-state index < -0.39 is 5.97 Å². The first-order valence-corrected chi connectivity index (χ1v) is 6.99. The summed E-state index contributed by atoms with van der Waals surface area (Å²) in [4.78, 5) is 15.2. The lowest BCUT2D eigenvalue weighted by Gasteiger charge is -2.03. The van der Waals surface area contributed by atoms with E-state index in [9.17, 15) is 4.79 Å². The molecule has 0 aliphatic heterocycles. The molecule has 0 saturated carbocycles. The lowest BCUT2D eigenvalue weighted by atomic mass is 10.2. The summed E-state index contributed by atoms with van der Waals surface area (Å²) in [5.74, 6) is -0.995. The van der Waals surface area contributed by atoms with Gasteiger partial charge in [-0.3, -0.25) is 0 Å². The third-order valence-corrected chi connectivity index (χ3v) is 3.91. The number of aromatic carboxylic acids is 1. The number of nitrogens with one attached hydrogen (secondary N) is 1. The first-order valence-electron chi connectivity index (χ1n) is 6.20. The standard InChI is InChI=1S/C15H11BrN2O3/c1-8-2-4-10(7-11(8)16)17-15-18-12-5-3-9(14(19)20)6-13(12)21-15/h2-7H,1H3,(H,17,18)(H,19,20). The zero-order chi connectivity index (χ0) is 15.0. The van der Waals surface area contributed by atoms with Crippen molar-refractivity contribution in [3.63, 3.8) is 0 Å². The van der Waals surface area contributed by atoms with Gasteiger partial charge in [0, 0.05) is 10.2 Å². The van der Waals surface area contributed by atoms with Crippen molar-refractivity contribution in [3.05, 3.63) is 52.0 Å². The third-order valence-electron chi connectivity index (χ3n) is 3.06. The molecule has 0 radical (unpaired) electrons. The summed E-state index contributed by atoms with van der Waals surface area (Å²) in [6.45, 7) is 2.00. The molecule has 106 valence electrons. The molecular formula is C15H11BrN2O3. The number of rotatable bonds is 3. The number of halogens is 1. The van der Waals surface area contributed by atoms with Crippen molar-refractivity contribution in [2.75, 3.05) is 5.32 Å². The van der Waals surface area contributed by atoms with Gasteiger partial charge in [0.25, 0.3) is 6.01 Å². The molecule has 3 rings (SSSR count). The van der Waals surface area contributed by atoms with Crippen LogP contribution in [0.15, 0.2) is 45.3 Å². The van der Waals surface area contributed by atoms with Crippen LogP contribution in [-0.2, 0) is 0 Å². The number of hydrogen-bond donors (Lipinski definition) is 2. The van der Waals surface area contributed by atoms with E-state index in [-0.39, 0.29) is 5.56 Å². The van der Waals surface area contributed by atoms with Crippen LogP contribution in [0.2, 0.25) is 0 Å². The summed E-state index contributed by atoms with van der Waals surface area (Å²) in [7, 11) is 0. The van der Waals surface area contributed by atoms with Gasteiger partial charge in [0.15, 0.2) is 5.58 Å². The molecule has 21 heavy (non-hydrogen) atoms. The molecule has 3 aromatic rings. The Hall–Kier alpha value is -2.34. The molecule has 1 heterocycles. The minimum Gasteiger partial charge on any atom is -0.478 e. The van der Waals surface area contributed by atoms with Gasteiger partial charge in [-0.15, -0.1) is 0 Å². The van der Waals surface area contributed by atoms with Gasteiger partial charge in [0.2, 0.25) is 0 Å². The summed E-state index contributed by atoms with van der Waals surface area (Å²) < 4.78 is 6.52. The molecule has 0 unspecified atom stereocenters. The molecule has 0 spiro atoms. The van der Waals surface area contributed by atoms with E-state index >= 15 is 0 Å². The van der Waals surface area contributed by atoms with Crippen LogP contribution in [0.3, 0.4) is 0 Å². The lowest BCUT2D eigenvalue weighted by molar-refractivity contribution is 0.0697. The SMILES string of the molecule is Cc1ccc(Nc2nc3ccc(C(=O)O)cc3o2)cc1Br. The van der Waals surface area contributed by atoms with Crippen LogP contribution in [0.5, 0.6) is 0 Å². The van der Waals surface area contributed by atoms with E-state index in [2.05, 4.69) is 26.2 Å². The molecule has 2 N–H and O–H groups in total. The maximum atomic E-state index is 10.9. The molecule has 2 aromatic carbocycles. The van der Waals surface area contributed by atoms with Gasteiger partial charge in [0.05, 0.1) is 5.56 Å². The quantitative estimate of drug-likeness (QED) is 0.737. The van der Waals surface area contributed by atoms with E-state index in [4.69, 9.17) is 9.52 Å². The molecule has 0 bridgehead atoms. The topological polar surface area (TPSA) is 75.4 Å². The van der Waals surface area contributed by atoms with Crippen molar-refractivity contribution >= 4 is 44.7 Å². The number of aryl methyl sites for hydroxylation is 1. The summed E-state index contributed by atoms with van der Waals surface area (Å²) in [5.41, 5.74) is 3.17. The molecule has 5 nitrogen and oxygen atoms in total. The van der Waals surface area contributed by atoms with Crippen molar-refractivity contribution in [1.82, 2.24) is 4.98 Å². The number of oxazole rings is 1. The van der Waals surface area contributed by atoms with Crippen LogP contribution in [0.25, 0.3) is 11.1 Å². The highest BCUT2D eigenvalue weighted by molar-refractivity contribution is 9.10. The Morgan fingerprint density at radius 3 is 2.81 bits per heavy atom. The number of hydrogen-bond acceptors (Lipinski definition) is 4. The second kappa shape index (κ2) is 5.21. The van der Waals surface area contributed by atoms with Gasteiger partial charge in [-0.2, -0.15) is 4.98 Å². The summed E-state index contributed by atoms with van der Waals surface area (Å²) in [5, 5.41) is 12.0. The smallest absolute Gasteiger partial charge is 0.335 e. The van der Waals surface area contributed by atoms with Crippen molar-refractivity contribution in [2.45, 2.75) is 6.92 Å². The molecular weight excluding hydrogens is 336 g/mol. The fourth-order valence-electron chi connectivity index (χ4n) is 1.91. The van der Waals surface area contributed by atoms with E-state index in [0.29, 0.717) is 17.1 Å². The predicted octanol–water partition coefficient (Wildman–Crippen LogP) is 4.34. The Morgan fingerprint density at radius 1 is 1.29 bits per heavy atom. The number of carboxylic acids is 1. The molecule has 0 saturated heterocycles. The first kappa shape index (κ1) is 13.6. The van der Waals surface area contributed by atoms with E-state index in [0.717, 1.165) is 15.7 Å². The Labute approximate surface area is 128 Å². The van der Waals surface area contributed by atoms with Gasteiger partial charge in [-0.1, -0.05) is 22.0 Å². The highest BCUT2D eigenvalue weighted by atomic mass is 79.9. The normalized spacial score (nSPS) is 10.8. The second-order valence-corrected chi connectivity index (χ2v) is 5.45. The number of anilines is 2. The minimum absolute atomic E-state index is 0.170. The van der Waals surface area contributed by atoms with Crippen molar-refractivity contribution in [1.29, 1.82) is 0 Å². The number of aromatic nitrogens is 1. The predicted molar refractivity (Wildman–Crippen MR) is 83.1 cm³/mol. The maximum absolute atomic E-state index is 10.9. The summed E-state index contributed by atoms with van der Waals surface area (Å²) >= 11 is 3.46. The van der Waals surface area contributed by atoms with Gasteiger partial charge in [-0.25, -0.2) is 4.79 Å². The molecule has 0 atom stereocenters. The van der Waals surface area contributed by atoms with Crippen LogP contribution >= 0.6 is 15.9 Å². The molecule has 1 aromatic heterocycles. The maximum Gasteiger partial charge on any atom is 0.335 e. The van der Waals surface area contributed by atoms with Gasteiger partial charge < -0.3 is 14.8 Å². The molecule has 0 amide bonds. The number of carbonyl (C=O) groups is 1. The Bertz CT molecular complexity index is 842. The zero-order valence-electron chi connectivity index (χ0n) is 11.1. The average molecular weight is 347 g/mol. The van der Waals surface area contributed by atoms with Crippen molar-refractivity contribution < 1.29 is 14.3 Å². The number of fused-ring (bicyclic) bond motifs is 1. The van der Waals surface area contributed by atoms with Crippen LogP contribution in [-0.4, -0.2) is 16.1 Å². The number of nitrogens with zero attached hydrogens (tertiary/aromatic N) is 1. The summed E-state index contributed by atoms with van der Waals surface area (Å²) in [6, 6.07) is 10.7. The third kappa shape index (κ3) is 2.75. The lowest BCUT2D eigenvalue weighted by Crippen LogP contribution is -1.94. The van der Waals surface area contributed by atoms with E-state index in [1.165, 1.54) is 12.1 Å². The Morgan fingerprint density at radius 2 is 2.10 bits per heavy atom. The Kier molecular flexibility index (Phi) is 3.39. The van der Waals surface area contributed by atoms with Crippen molar-refractivity contribution in [3.8, 4) is 0 Å². The number of carboxylic acid groups (broad SMARTS) is 1. The Balaban J connectivity index is 1.93. The summed E-state index contributed by atoms with van der Waals surface area (Å²) in [6.07, 6.45) is 0. The minimum atomic E-state index is -0.995. The molecule has 0 aliphatic carbocycles. The highest BCUT2D eigenvalue weighted by Gasteiger charge is 2.10. The van der Waals surface area contributed by atoms with E-state index in [1.807, 2.05) is 25.1 Å². The van der Waals surface area contributed by atoms with Crippen molar-refractivity contribution in [2.24, 2.45) is 0 Å². The molecule has 0 aliphatic rings. The monoisotopic (exact) mass is 346 g/mol. The van der Waals surface area contributed by atoms with Crippen LogP contribution in [0, 0.1) is 6.92 Å². The fourth-order valence-corrected chi connectivity index (χ4v) is 2.28. The van der Waals surface area contributed by atoms with Crippen LogP contribution in [0.1, 0.15) is 15.9 Å². The number of benzene rings is 2. The van der Waals surface area contributed by atoms with E-state index in [1.54, 1.807) is 6.07 Å². The average Bonchev–Trinajstić information content (AvgIpc) is 2.84. The van der Waals surface area contributed by atoms with Gasteiger partial charge in [-0.05, 0) is 42.8 Å². The second-order valence-electron chi connectivity index (χ2n) is 4.60. The van der Waals surface area contributed by atoms with Crippen LogP contribution in [0.4, 0.5) is 11.7 Å². The first-order chi connectivity index (χ1) is 10.0. The van der Waals surface area contributed by atoms with Crippen LogP contribution < -0.4 is 5.32 Å². The largest absolute Gasteiger partial charge is 0.478 e. The highest BCUT2D eigenvalue weighted by Crippen LogP contribution is 2.26. The fraction of sp³-hybridized carbons (Fsp3) is 0.0667. The van der Waals surface area contributed by atoms with Gasteiger partial charge >= 0.3 is 5.97 Å². The van der Waals surface area contributed by atoms with Gasteiger partial charge in [0.1, 0.15) is 5.52 Å². The molecule has 0 fully saturated rings. The zero-order valence-corrected chi connectivity index (χ0v) is 12.6.